The number of methoxy groups -OCH3 is 1. The van der Waals surface area contributed by atoms with Crippen molar-refractivity contribution >= 4 is 6.08 Å². The fourth-order valence-corrected chi connectivity index (χ4v) is 3.33. The maximum Gasteiger partial charge on any atom is 0.160 e. The lowest BCUT2D eigenvalue weighted by atomic mass is 9.77. The number of phenolic OH excluding ortho intramolecular Hbond substituents is 2. The zero-order valence-corrected chi connectivity index (χ0v) is 14.0. The minimum absolute atomic E-state index is 0.0607. The number of aliphatic hydroxyl groups is 2. The van der Waals surface area contributed by atoms with Crippen LogP contribution in [-0.2, 0) is 6.42 Å². The highest BCUT2D eigenvalue weighted by molar-refractivity contribution is 5.53. The van der Waals surface area contributed by atoms with Crippen molar-refractivity contribution in [3.8, 4) is 17.2 Å². The highest BCUT2D eigenvalue weighted by atomic mass is 16.5. The van der Waals surface area contributed by atoms with Gasteiger partial charge in [0.1, 0.15) is 5.75 Å². The van der Waals surface area contributed by atoms with Crippen molar-refractivity contribution in [2.45, 2.75) is 31.0 Å². The molecule has 3 rings (SSSR count). The summed E-state index contributed by atoms with van der Waals surface area (Å²) < 4.78 is 5.16. The molecule has 0 spiro atoms. The summed E-state index contributed by atoms with van der Waals surface area (Å²) >= 11 is 0. The van der Waals surface area contributed by atoms with E-state index >= 15 is 0 Å². The summed E-state index contributed by atoms with van der Waals surface area (Å²) in [7, 11) is 1.47. The largest absolute Gasteiger partial charge is 0.508 e. The van der Waals surface area contributed by atoms with Crippen molar-refractivity contribution in [1.29, 1.82) is 0 Å². The first-order valence-corrected chi connectivity index (χ1v) is 8.22. The van der Waals surface area contributed by atoms with Crippen LogP contribution in [0.1, 0.15) is 29.0 Å². The third-order valence-corrected chi connectivity index (χ3v) is 4.67. The molecule has 132 valence electrons. The van der Waals surface area contributed by atoms with Crippen LogP contribution in [0.3, 0.4) is 0 Å². The number of phenols is 2. The molecule has 3 atom stereocenters. The Kier molecular flexibility index (Phi) is 4.97. The molecule has 0 amide bonds. The minimum Gasteiger partial charge on any atom is -0.508 e. The summed E-state index contributed by atoms with van der Waals surface area (Å²) in [5, 5.41) is 40.3. The fourth-order valence-electron chi connectivity index (χ4n) is 3.33. The lowest BCUT2D eigenvalue weighted by molar-refractivity contribution is 0.0640. The number of hydrogen-bond acceptors (Lipinski definition) is 5. The molecule has 0 aromatic heterocycles. The molecule has 0 bridgehead atoms. The molecule has 1 aliphatic carbocycles. The Morgan fingerprint density at radius 2 is 1.88 bits per heavy atom. The molecule has 25 heavy (non-hydrogen) atoms. The van der Waals surface area contributed by atoms with E-state index in [1.807, 2.05) is 0 Å². The molecular formula is C20H22O5. The molecule has 2 aromatic rings. The summed E-state index contributed by atoms with van der Waals surface area (Å²) in [6.07, 6.45) is 2.97. The fraction of sp³-hybridized carbons (Fsp3) is 0.300. The number of aliphatic hydroxyl groups excluding tert-OH is 2. The van der Waals surface area contributed by atoms with E-state index < -0.39 is 18.1 Å². The standard InChI is InChI=1S/C20H22O5/c1-25-19-11-15-13(10-18(19)24)5-9-17(23)20(15)16(22)8-4-12-2-6-14(21)7-3-12/h2-4,6-8,10-11,16-17,20-24H,5,9H2,1H3/b8-4-. The molecule has 0 saturated heterocycles. The Bertz CT molecular complexity index is 766. The molecule has 5 nitrogen and oxygen atoms in total. The smallest absolute Gasteiger partial charge is 0.160 e. The van der Waals surface area contributed by atoms with Crippen LogP contribution < -0.4 is 4.74 Å². The number of aromatic hydroxyl groups is 2. The van der Waals surface area contributed by atoms with Crippen LogP contribution in [0, 0.1) is 0 Å². The number of ether oxygens (including phenoxy) is 1. The lowest BCUT2D eigenvalue weighted by Crippen LogP contribution is -2.33. The highest BCUT2D eigenvalue weighted by Gasteiger charge is 2.33. The predicted octanol–water partition coefficient (Wildman–Crippen LogP) is 2.57. The summed E-state index contributed by atoms with van der Waals surface area (Å²) in [4.78, 5) is 0. The average molecular weight is 342 g/mol. The molecule has 1 aliphatic rings. The van der Waals surface area contributed by atoms with Gasteiger partial charge in [0, 0.05) is 5.92 Å². The Morgan fingerprint density at radius 3 is 2.56 bits per heavy atom. The second-order valence-electron chi connectivity index (χ2n) is 6.30. The van der Waals surface area contributed by atoms with E-state index in [-0.39, 0.29) is 11.5 Å². The normalized spacial score (nSPS) is 21.1. The molecule has 0 saturated carbocycles. The van der Waals surface area contributed by atoms with Gasteiger partial charge >= 0.3 is 0 Å². The maximum atomic E-state index is 10.6. The molecule has 4 N–H and O–H groups in total. The van der Waals surface area contributed by atoms with Gasteiger partial charge in [-0.15, -0.1) is 0 Å². The van der Waals surface area contributed by atoms with Gasteiger partial charge in [-0.25, -0.2) is 0 Å². The SMILES string of the molecule is COc1cc2c(cc1O)CCC(O)C2C(O)/C=C\c1ccc(O)cc1. The third kappa shape index (κ3) is 3.62. The number of hydrogen-bond donors (Lipinski definition) is 4. The lowest BCUT2D eigenvalue weighted by Gasteiger charge is -2.33. The van der Waals surface area contributed by atoms with Crippen molar-refractivity contribution in [2.24, 2.45) is 0 Å². The first-order chi connectivity index (χ1) is 12.0. The van der Waals surface area contributed by atoms with Crippen LogP contribution in [0.2, 0.25) is 0 Å². The van der Waals surface area contributed by atoms with Crippen LogP contribution in [0.4, 0.5) is 0 Å². The number of fused-ring (bicyclic) bond motifs is 1. The van der Waals surface area contributed by atoms with Gasteiger partial charge in [0.2, 0.25) is 0 Å². The summed E-state index contributed by atoms with van der Waals surface area (Å²) in [6.45, 7) is 0. The molecule has 3 unspecified atom stereocenters. The van der Waals surface area contributed by atoms with E-state index in [9.17, 15) is 20.4 Å². The zero-order chi connectivity index (χ0) is 18.0. The van der Waals surface area contributed by atoms with E-state index in [1.54, 1.807) is 48.6 Å². The maximum absolute atomic E-state index is 10.6. The third-order valence-electron chi connectivity index (χ3n) is 4.67. The van der Waals surface area contributed by atoms with E-state index in [4.69, 9.17) is 4.74 Å². The van der Waals surface area contributed by atoms with Gasteiger partial charge in [0.15, 0.2) is 11.5 Å². The van der Waals surface area contributed by atoms with Crippen molar-refractivity contribution in [3.05, 3.63) is 59.2 Å². The Morgan fingerprint density at radius 1 is 1.16 bits per heavy atom. The number of benzene rings is 2. The van der Waals surface area contributed by atoms with E-state index in [2.05, 4.69) is 0 Å². The van der Waals surface area contributed by atoms with E-state index in [0.717, 1.165) is 16.7 Å². The first kappa shape index (κ1) is 17.3. The van der Waals surface area contributed by atoms with E-state index in [0.29, 0.717) is 18.6 Å². The molecule has 0 radical (unpaired) electrons. The second kappa shape index (κ2) is 7.17. The van der Waals surface area contributed by atoms with Gasteiger partial charge in [-0.1, -0.05) is 24.3 Å². The minimum atomic E-state index is -0.892. The van der Waals surface area contributed by atoms with Gasteiger partial charge in [0.05, 0.1) is 19.3 Å². The van der Waals surface area contributed by atoms with Crippen molar-refractivity contribution in [2.75, 3.05) is 7.11 Å². The average Bonchev–Trinajstić information content (AvgIpc) is 2.60. The van der Waals surface area contributed by atoms with Crippen molar-refractivity contribution in [3.63, 3.8) is 0 Å². The second-order valence-corrected chi connectivity index (χ2v) is 6.30. The Balaban J connectivity index is 1.89. The number of rotatable bonds is 4. The summed E-state index contributed by atoms with van der Waals surface area (Å²) in [5.41, 5.74) is 2.53. The van der Waals surface area contributed by atoms with Crippen LogP contribution >= 0.6 is 0 Å². The molecule has 2 aromatic carbocycles. The first-order valence-electron chi connectivity index (χ1n) is 8.22. The number of aryl methyl sites for hydroxylation is 1. The van der Waals surface area contributed by atoms with Gasteiger partial charge < -0.3 is 25.2 Å². The Labute approximate surface area is 146 Å². The molecule has 0 aliphatic heterocycles. The topological polar surface area (TPSA) is 90.2 Å². The van der Waals surface area contributed by atoms with Gasteiger partial charge in [0.25, 0.3) is 0 Å². The quantitative estimate of drug-likeness (QED) is 0.686. The zero-order valence-electron chi connectivity index (χ0n) is 14.0. The monoisotopic (exact) mass is 342 g/mol. The van der Waals surface area contributed by atoms with Gasteiger partial charge in [-0.3, -0.25) is 0 Å². The summed E-state index contributed by atoms with van der Waals surface area (Å²) in [6, 6.07) is 9.96. The molecular weight excluding hydrogens is 320 g/mol. The van der Waals surface area contributed by atoms with Crippen LogP contribution in [0.25, 0.3) is 6.08 Å². The van der Waals surface area contributed by atoms with Gasteiger partial charge in [-0.2, -0.15) is 0 Å². The van der Waals surface area contributed by atoms with Crippen molar-refractivity contribution in [1.82, 2.24) is 0 Å². The highest BCUT2D eigenvalue weighted by Crippen LogP contribution is 2.40. The summed E-state index contributed by atoms with van der Waals surface area (Å²) in [5.74, 6) is 0.0749. The van der Waals surface area contributed by atoms with Crippen LogP contribution in [-0.4, -0.2) is 39.7 Å². The van der Waals surface area contributed by atoms with Crippen LogP contribution in [0.5, 0.6) is 17.2 Å². The van der Waals surface area contributed by atoms with Gasteiger partial charge in [-0.05, 0) is 53.8 Å². The molecule has 0 fully saturated rings. The predicted molar refractivity (Wildman–Crippen MR) is 94.9 cm³/mol. The van der Waals surface area contributed by atoms with E-state index in [1.165, 1.54) is 7.11 Å². The molecule has 5 heteroatoms. The Hall–Kier alpha value is -2.50. The van der Waals surface area contributed by atoms with Crippen molar-refractivity contribution < 1.29 is 25.2 Å². The molecule has 0 heterocycles. The van der Waals surface area contributed by atoms with Crippen LogP contribution in [0.15, 0.2) is 42.5 Å².